The number of hydrogen-bond acceptors (Lipinski definition) is 5. The van der Waals surface area contributed by atoms with Crippen molar-refractivity contribution in [3.05, 3.63) is 34.9 Å². The van der Waals surface area contributed by atoms with Gasteiger partial charge in [-0.2, -0.15) is 10.1 Å². The molecule has 0 saturated heterocycles. The molecule has 0 aliphatic carbocycles. The van der Waals surface area contributed by atoms with Crippen LogP contribution in [0.4, 0.5) is 17.5 Å². The summed E-state index contributed by atoms with van der Waals surface area (Å²) in [5.74, 6) is 1.18. The normalized spacial score (nSPS) is 10.4. The summed E-state index contributed by atoms with van der Waals surface area (Å²) in [5.41, 5.74) is 0.945. The molecule has 1 aromatic carbocycles. The summed E-state index contributed by atoms with van der Waals surface area (Å²) in [6.07, 6.45) is 1.59. The average Bonchev–Trinajstić information content (AvgIpc) is 2.28. The van der Waals surface area contributed by atoms with E-state index in [0.717, 1.165) is 10.2 Å². The van der Waals surface area contributed by atoms with E-state index in [9.17, 15) is 0 Å². The van der Waals surface area contributed by atoms with Crippen molar-refractivity contribution in [3.63, 3.8) is 0 Å². The second kappa shape index (κ2) is 5.77. The van der Waals surface area contributed by atoms with Gasteiger partial charge in [0, 0.05) is 16.2 Å². The Morgan fingerprint density at radius 2 is 2.11 bits per heavy atom. The minimum absolute atomic E-state index is 0.271. The van der Waals surface area contributed by atoms with Gasteiger partial charge in [0.2, 0.25) is 5.95 Å². The van der Waals surface area contributed by atoms with Gasteiger partial charge < -0.3 is 10.6 Å². The predicted octanol–water partition coefficient (Wildman–Crippen LogP) is 3.20. The fourth-order valence-electron chi connectivity index (χ4n) is 1.40. The third-order valence-corrected chi connectivity index (χ3v) is 2.57. The van der Waals surface area contributed by atoms with E-state index in [1.807, 2.05) is 38.1 Å². The first-order chi connectivity index (χ1) is 8.63. The Morgan fingerprint density at radius 3 is 2.83 bits per heavy atom. The van der Waals surface area contributed by atoms with E-state index in [4.69, 9.17) is 0 Å². The van der Waals surface area contributed by atoms with Crippen molar-refractivity contribution in [1.82, 2.24) is 15.2 Å². The van der Waals surface area contributed by atoms with Crippen molar-refractivity contribution in [2.24, 2.45) is 0 Å². The summed E-state index contributed by atoms with van der Waals surface area (Å²) >= 11 is 3.42. The Kier molecular flexibility index (Phi) is 4.09. The molecule has 18 heavy (non-hydrogen) atoms. The van der Waals surface area contributed by atoms with Gasteiger partial charge in [-0.1, -0.05) is 22.0 Å². The topological polar surface area (TPSA) is 62.7 Å². The molecule has 0 fully saturated rings. The number of nitrogens with zero attached hydrogens (tertiary/aromatic N) is 3. The Balaban J connectivity index is 2.14. The zero-order valence-corrected chi connectivity index (χ0v) is 11.8. The monoisotopic (exact) mass is 307 g/mol. The smallest absolute Gasteiger partial charge is 0.244 e. The van der Waals surface area contributed by atoms with E-state index in [-0.39, 0.29) is 6.04 Å². The molecule has 0 atom stereocenters. The van der Waals surface area contributed by atoms with Crippen LogP contribution >= 0.6 is 15.9 Å². The molecular weight excluding hydrogens is 294 g/mol. The Hall–Kier alpha value is -1.69. The molecule has 94 valence electrons. The average molecular weight is 308 g/mol. The second-order valence-corrected chi connectivity index (χ2v) is 5.02. The van der Waals surface area contributed by atoms with Crippen LogP contribution in [0.1, 0.15) is 13.8 Å². The molecule has 0 bridgehead atoms. The zero-order chi connectivity index (χ0) is 13.0. The number of rotatable bonds is 4. The van der Waals surface area contributed by atoms with Gasteiger partial charge in [-0.15, -0.1) is 5.10 Å². The van der Waals surface area contributed by atoms with Crippen molar-refractivity contribution in [1.29, 1.82) is 0 Å². The van der Waals surface area contributed by atoms with Gasteiger partial charge in [0.1, 0.15) is 0 Å². The molecule has 2 N–H and O–H groups in total. The van der Waals surface area contributed by atoms with Crippen molar-refractivity contribution in [2.45, 2.75) is 19.9 Å². The van der Waals surface area contributed by atoms with E-state index in [1.54, 1.807) is 6.20 Å². The summed E-state index contributed by atoms with van der Waals surface area (Å²) < 4.78 is 1.01. The summed E-state index contributed by atoms with van der Waals surface area (Å²) in [5, 5.41) is 14.1. The highest BCUT2D eigenvalue weighted by molar-refractivity contribution is 9.10. The molecule has 0 unspecified atom stereocenters. The van der Waals surface area contributed by atoms with E-state index in [0.29, 0.717) is 11.8 Å². The van der Waals surface area contributed by atoms with E-state index >= 15 is 0 Å². The predicted molar refractivity (Wildman–Crippen MR) is 76.0 cm³/mol. The maximum Gasteiger partial charge on any atom is 0.244 e. The van der Waals surface area contributed by atoms with Crippen LogP contribution in [-0.4, -0.2) is 21.2 Å². The maximum absolute atomic E-state index is 4.33. The molecule has 0 radical (unpaired) electrons. The molecule has 2 rings (SSSR count). The lowest BCUT2D eigenvalue weighted by atomic mass is 10.3. The van der Waals surface area contributed by atoms with Crippen molar-refractivity contribution >= 4 is 33.4 Å². The molecular formula is C12H14BrN5. The molecule has 0 spiro atoms. The summed E-state index contributed by atoms with van der Waals surface area (Å²) in [6.45, 7) is 4.05. The molecule has 0 saturated carbocycles. The molecule has 5 nitrogen and oxygen atoms in total. The SMILES string of the molecule is CC(C)Nc1nncc(Nc2cccc(Br)c2)n1. The van der Waals surface area contributed by atoms with Gasteiger partial charge in [-0.3, -0.25) is 0 Å². The Bertz CT molecular complexity index is 529. The lowest BCUT2D eigenvalue weighted by Crippen LogP contribution is -2.13. The van der Waals surface area contributed by atoms with Crippen LogP contribution in [0.25, 0.3) is 0 Å². The highest BCUT2D eigenvalue weighted by Gasteiger charge is 2.02. The molecule has 1 aromatic heterocycles. The molecule has 2 aromatic rings. The summed E-state index contributed by atoms with van der Waals surface area (Å²) in [6, 6.07) is 8.12. The first kappa shape index (κ1) is 12.8. The number of aromatic nitrogens is 3. The lowest BCUT2D eigenvalue weighted by molar-refractivity contribution is 0.852. The van der Waals surface area contributed by atoms with Crippen LogP contribution in [0, 0.1) is 0 Å². The van der Waals surface area contributed by atoms with Crippen LogP contribution in [0.5, 0.6) is 0 Å². The molecule has 6 heteroatoms. The van der Waals surface area contributed by atoms with Gasteiger partial charge >= 0.3 is 0 Å². The van der Waals surface area contributed by atoms with E-state index in [1.165, 1.54) is 0 Å². The fraction of sp³-hybridized carbons (Fsp3) is 0.250. The van der Waals surface area contributed by atoms with Gasteiger partial charge in [-0.05, 0) is 32.0 Å². The second-order valence-electron chi connectivity index (χ2n) is 4.10. The number of anilines is 3. The minimum atomic E-state index is 0.271. The first-order valence-corrected chi connectivity index (χ1v) is 6.41. The third kappa shape index (κ3) is 3.66. The van der Waals surface area contributed by atoms with Gasteiger partial charge in [0.05, 0.1) is 6.20 Å². The van der Waals surface area contributed by atoms with E-state index in [2.05, 4.69) is 41.7 Å². The van der Waals surface area contributed by atoms with Gasteiger partial charge in [0.25, 0.3) is 0 Å². The molecule has 0 aliphatic rings. The Labute approximate surface area is 114 Å². The van der Waals surface area contributed by atoms with E-state index < -0.39 is 0 Å². The fourth-order valence-corrected chi connectivity index (χ4v) is 1.80. The highest BCUT2D eigenvalue weighted by atomic mass is 79.9. The highest BCUT2D eigenvalue weighted by Crippen LogP contribution is 2.19. The van der Waals surface area contributed by atoms with Crippen LogP contribution in [0.3, 0.4) is 0 Å². The number of benzene rings is 1. The van der Waals surface area contributed by atoms with Crippen LogP contribution in [0.2, 0.25) is 0 Å². The molecule has 0 aliphatic heterocycles. The molecule has 0 amide bonds. The number of nitrogens with one attached hydrogen (secondary N) is 2. The zero-order valence-electron chi connectivity index (χ0n) is 10.2. The quantitative estimate of drug-likeness (QED) is 0.908. The van der Waals surface area contributed by atoms with Crippen molar-refractivity contribution < 1.29 is 0 Å². The lowest BCUT2D eigenvalue weighted by Gasteiger charge is -2.09. The third-order valence-electron chi connectivity index (χ3n) is 2.07. The number of halogens is 1. The summed E-state index contributed by atoms with van der Waals surface area (Å²) in [7, 11) is 0. The van der Waals surface area contributed by atoms with Gasteiger partial charge in [0.15, 0.2) is 5.82 Å². The summed E-state index contributed by atoms with van der Waals surface area (Å²) in [4.78, 5) is 4.33. The number of hydrogen-bond donors (Lipinski definition) is 2. The minimum Gasteiger partial charge on any atom is -0.351 e. The standard InChI is InChI=1S/C12H14BrN5/c1-8(2)15-12-17-11(7-14-18-12)16-10-5-3-4-9(13)6-10/h3-8H,1-2H3,(H2,15,16,17,18). The van der Waals surface area contributed by atoms with Crippen LogP contribution < -0.4 is 10.6 Å². The largest absolute Gasteiger partial charge is 0.351 e. The van der Waals surface area contributed by atoms with Crippen molar-refractivity contribution in [3.8, 4) is 0 Å². The molecule has 1 heterocycles. The first-order valence-electron chi connectivity index (χ1n) is 5.62. The maximum atomic E-state index is 4.33. The van der Waals surface area contributed by atoms with Gasteiger partial charge in [-0.25, -0.2) is 0 Å². The van der Waals surface area contributed by atoms with Crippen LogP contribution in [0.15, 0.2) is 34.9 Å². The van der Waals surface area contributed by atoms with Crippen molar-refractivity contribution in [2.75, 3.05) is 10.6 Å². The Morgan fingerprint density at radius 1 is 1.28 bits per heavy atom. The van der Waals surface area contributed by atoms with Crippen LogP contribution in [-0.2, 0) is 0 Å².